The number of hydrogen-bond acceptors (Lipinski definition) is 4. The number of aliphatic carboxylic acids is 1. The summed E-state index contributed by atoms with van der Waals surface area (Å²) in [7, 11) is 0. The molecule has 1 aromatic heterocycles. The fourth-order valence-electron chi connectivity index (χ4n) is 4.32. The molecule has 1 heterocycles. The number of carbonyl (C=O) groups is 2. The number of carbonyl (C=O) groups excluding carboxylic acids is 1. The molecule has 0 bridgehead atoms. The summed E-state index contributed by atoms with van der Waals surface area (Å²) in [6.45, 7) is 1.78. The number of nitrogens with zero attached hydrogens (tertiary/aromatic N) is 1. The minimum atomic E-state index is -0.947. The van der Waals surface area contributed by atoms with Gasteiger partial charge in [0.25, 0.3) is 0 Å². The number of carboxylic acids is 1. The van der Waals surface area contributed by atoms with Gasteiger partial charge in [-0.25, -0.2) is 0 Å². The van der Waals surface area contributed by atoms with Gasteiger partial charge in [0.15, 0.2) is 0 Å². The third-order valence-electron chi connectivity index (χ3n) is 5.80. The Morgan fingerprint density at radius 1 is 1.28 bits per heavy atom. The van der Waals surface area contributed by atoms with Gasteiger partial charge in [0, 0.05) is 4.88 Å². The molecule has 6 heteroatoms. The van der Waals surface area contributed by atoms with Crippen LogP contribution in [0.1, 0.15) is 67.9 Å². The first-order chi connectivity index (χ1) is 12.0. The average molecular weight is 360 g/mol. The monoisotopic (exact) mass is 360 g/mol. The molecule has 2 aliphatic rings. The van der Waals surface area contributed by atoms with Crippen LogP contribution in [0.15, 0.2) is 0 Å². The third-order valence-corrected chi connectivity index (χ3v) is 7.01. The Balaban J connectivity index is 1.86. The SMILES string of the molecule is C[C@](CC(=O)O)(C(=O)Nc1sc2c(c1C#N)CCC2)C1CCCCC1. The van der Waals surface area contributed by atoms with Crippen LogP contribution in [0.5, 0.6) is 0 Å². The molecule has 5 nitrogen and oxygen atoms in total. The van der Waals surface area contributed by atoms with Gasteiger partial charge >= 0.3 is 5.97 Å². The molecule has 1 aromatic rings. The van der Waals surface area contributed by atoms with Gasteiger partial charge in [-0.3, -0.25) is 9.59 Å². The van der Waals surface area contributed by atoms with E-state index in [1.807, 2.05) is 0 Å². The number of nitrogens with one attached hydrogen (secondary N) is 1. The molecule has 3 rings (SSSR count). The number of thiophene rings is 1. The standard InChI is InChI=1S/C19H24N2O3S/c1-19(10-16(22)23,12-6-3-2-4-7-12)18(24)21-17-14(11-20)13-8-5-9-15(13)25-17/h12H,2-10H2,1H3,(H,21,24)(H,22,23)/t19-/m1/s1. The van der Waals surface area contributed by atoms with E-state index in [0.717, 1.165) is 56.9 Å². The van der Waals surface area contributed by atoms with E-state index in [4.69, 9.17) is 0 Å². The fourth-order valence-corrected chi connectivity index (χ4v) is 5.56. The van der Waals surface area contributed by atoms with Crippen LogP contribution in [-0.4, -0.2) is 17.0 Å². The molecule has 0 unspecified atom stereocenters. The quantitative estimate of drug-likeness (QED) is 0.827. The van der Waals surface area contributed by atoms with Crippen LogP contribution in [0, 0.1) is 22.7 Å². The molecular formula is C19H24N2O3S. The van der Waals surface area contributed by atoms with Crippen LogP contribution in [0.4, 0.5) is 5.00 Å². The Morgan fingerprint density at radius 3 is 2.64 bits per heavy atom. The molecular weight excluding hydrogens is 336 g/mol. The predicted molar refractivity (Wildman–Crippen MR) is 96.6 cm³/mol. The maximum Gasteiger partial charge on any atom is 0.304 e. The zero-order chi connectivity index (χ0) is 18.0. The second-order valence-electron chi connectivity index (χ2n) is 7.45. The molecule has 1 amide bonds. The summed E-state index contributed by atoms with van der Waals surface area (Å²) in [6.07, 6.45) is 7.76. The summed E-state index contributed by atoms with van der Waals surface area (Å²) in [5.74, 6) is -1.12. The van der Waals surface area contributed by atoms with Gasteiger partial charge in [-0.05, 0) is 50.5 Å². The van der Waals surface area contributed by atoms with Crippen molar-refractivity contribution >= 4 is 28.2 Å². The summed E-state index contributed by atoms with van der Waals surface area (Å²) in [5.41, 5.74) is 0.709. The van der Waals surface area contributed by atoms with Crippen molar-refractivity contribution in [3.8, 4) is 6.07 Å². The second kappa shape index (κ2) is 7.17. The summed E-state index contributed by atoms with van der Waals surface area (Å²) in [4.78, 5) is 25.7. The molecule has 0 aliphatic heterocycles. The molecule has 0 saturated heterocycles. The van der Waals surface area contributed by atoms with E-state index in [1.165, 1.54) is 16.2 Å². The largest absolute Gasteiger partial charge is 0.481 e. The summed E-state index contributed by atoms with van der Waals surface area (Å²) in [6, 6.07) is 2.23. The van der Waals surface area contributed by atoms with Crippen molar-refractivity contribution < 1.29 is 14.7 Å². The summed E-state index contributed by atoms with van der Waals surface area (Å²) < 4.78 is 0. The maximum absolute atomic E-state index is 13.1. The first-order valence-electron chi connectivity index (χ1n) is 9.03. The Bertz CT molecular complexity index is 728. The van der Waals surface area contributed by atoms with Gasteiger partial charge in [-0.15, -0.1) is 11.3 Å². The van der Waals surface area contributed by atoms with Crippen molar-refractivity contribution in [2.75, 3.05) is 5.32 Å². The molecule has 1 saturated carbocycles. The Hall–Kier alpha value is -1.87. The van der Waals surface area contributed by atoms with E-state index < -0.39 is 11.4 Å². The van der Waals surface area contributed by atoms with Crippen molar-refractivity contribution in [1.82, 2.24) is 0 Å². The molecule has 0 radical (unpaired) electrons. The average Bonchev–Trinajstić information content (AvgIpc) is 3.15. The summed E-state index contributed by atoms with van der Waals surface area (Å²) in [5, 5.41) is 22.4. The van der Waals surface area contributed by atoms with Crippen LogP contribution in [-0.2, 0) is 22.4 Å². The number of amides is 1. The molecule has 2 N–H and O–H groups in total. The van der Waals surface area contributed by atoms with Gasteiger partial charge in [0.2, 0.25) is 5.91 Å². The van der Waals surface area contributed by atoms with Crippen LogP contribution in [0.3, 0.4) is 0 Å². The first-order valence-corrected chi connectivity index (χ1v) is 9.85. The van der Waals surface area contributed by atoms with Crippen LogP contribution < -0.4 is 5.32 Å². The Kier molecular flexibility index (Phi) is 5.14. The number of fused-ring (bicyclic) bond motifs is 1. The minimum absolute atomic E-state index is 0.0784. The molecule has 0 spiro atoms. The lowest BCUT2D eigenvalue weighted by atomic mass is 9.67. The van der Waals surface area contributed by atoms with Crippen LogP contribution >= 0.6 is 11.3 Å². The fraction of sp³-hybridized carbons (Fsp3) is 0.632. The number of nitriles is 1. The molecule has 2 aliphatic carbocycles. The highest BCUT2D eigenvalue weighted by Crippen LogP contribution is 2.44. The van der Waals surface area contributed by atoms with E-state index in [2.05, 4.69) is 11.4 Å². The Morgan fingerprint density at radius 2 is 2.00 bits per heavy atom. The van der Waals surface area contributed by atoms with Crippen molar-refractivity contribution in [3.05, 3.63) is 16.0 Å². The zero-order valence-corrected chi connectivity index (χ0v) is 15.4. The zero-order valence-electron chi connectivity index (χ0n) is 14.6. The lowest BCUT2D eigenvalue weighted by Crippen LogP contribution is -2.42. The van der Waals surface area contributed by atoms with E-state index in [1.54, 1.807) is 6.92 Å². The minimum Gasteiger partial charge on any atom is -0.481 e. The van der Waals surface area contributed by atoms with E-state index in [9.17, 15) is 20.0 Å². The molecule has 0 aromatic carbocycles. The van der Waals surface area contributed by atoms with E-state index >= 15 is 0 Å². The number of hydrogen-bond donors (Lipinski definition) is 2. The van der Waals surface area contributed by atoms with E-state index in [0.29, 0.717) is 10.6 Å². The van der Waals surface area contributed by atoms with Gasteiger partial charge in [-0.1, -0.05) is 19.3 Å². The molecule has 25 heavy (non-hydrogen) atoms. The third kappa shape index (κ3) is 3.43. The molecule has 134 valence electrons. The van der Waals surface area contributed by atoms with Gasteiger partial charge < -0.3 is 10.4 Å². The number of anilines is 1. The Labute approximate surface area is 152 Å². The predicted octanol–water partition coefficient (Wildman–Crippen LogP) is 4.11. The number of aryl methyl sites for hydroxylation is 1. The lowest BCUT2D eigenvalue weighted by molar-refractivity contribution is -0.145. The molecule has 1 atom stereocenters. The van der Waals surface area contributed by atoms with Crippen LogP contribution in [0.2, 0.25) is 0 Å². The van der Waals surface area contributed by atoms with Crippen molar-refractivity contribution in [1.29, 1.82) is 5.26 Å². The van der Waals surface area contributed by atoms with Gasteiger partial charge in [0.1, 0.15) is 11.1 Å². The van der Waals surface area contributed by atoms with Gasteiger partial charge in [-0.2, -0.15) is 5.26 Å². The first kappa shape index (κ1) is 17.9. The van der Waals surface area contributed by atoms with Crippen molar-refractivity contribution in [2.24, 2.45) is 11.3 Å². The second-order valence-corrected chi connectivity index (χ2v) is 8.56. The van der Waals surface area contributed by atoms with E-state index in [-0.39, 0.29) is 18.2 Å². The number of carboxylic acid groups (broad SMARTS) is 1. The maximum atomic E-state index is 13.1. The van der Waals surface area contributed by atoms with Gasteiger partial charge in [0.05, 0.1) is 17.4 Å². The smallest absolute Gasteiger partial charge is 0.304 e. The van der Waals surface area contributed by atoms with Crippen molar-refractivity contribution in [3.63, 3.8) is 0 Å². The highest BCUT2D eigenvalue weighted by Gasteiger charge is 2.43. The normalized spacial score (nSPS) is 19.7. The molecule has 1 fully saturated rings. The topological polar surface area (TPSA) is 90.2 Å². The summed E-state index contributed by atoms with van der Waals surface area (Å²) >= 11 is 1.48. The van der Waals surface area contributed by atoms with Crippen LogP contribution in [0.25, 0.3) is 0 Å². The number of rotatable bonds is 5. The van der Waals surface area contributed by atoms with Crippen molar-refractivity contribution in [2.45, 2.75) is 64.7 Å². The lowest BCUT2D eigenvalue weighted by Gasteiger charge is -2.37. The highest BCUT2D eigenvalue weighted by atomic mass is 32.1. The highest BCUT2D eigenvalue weighted by molar-refractivity contribution is 7.16.